The molecule has 2 heterocycles. The molecule has 3 rings (SSSR count). The van der Waals surface area contributed by atoms with Crippen molar-refractivity contribution in [2.45, 2.75) is 31.8 Å². The van der Waals surface area contributed by atoms with Gasteiger partial charge in [-0.05, 0) is 25.7 Å². The molecule has 2 saturated heterocycles. The monoisotopic (exact) mass is 264 g/mol. The zero-order chi connectivity index (χ0) is 13.4. The second-order valence-corrected chi connectivity index (χ2v) is 5.75. The molecule has 2 aliphatic heterocycles. The molecule has 0 unspecified atom stereocenters. The molecule has 1 aliphatic carbocycles. The number of carbonyl (C=O) groups is 2. The van der Waals surface area contributed by atoms with Gasteiger partial charge in [0.2, 0.25) is 11.8 Å². The van der Waals surface area contributed by atoms with E-state index in [1.807, 2.05) is 12.2 Å². The smallest absolute Gasteiger partial charge is 0.234 e. The molecule has 0 aromatic rings. The maximum atomic E-state index is 12.3. The molecule has 5 heteroatoms. The molecule has 5 nitrogen and oxygen atoms in total. The highest BCUT2D eigenvalue weighted by molar-refractivity contribution is 6.05. The minimum absolute atomic E-state index is 0.00882. The Labute approximate surface area is 112 Å². The van der Waals surface area contributed by atoms with Crippen LogP contribution in [-0.2, 0) is 9.59 Å². The Morgan fingerprint density at radius 2 is 1.58 bits per heavy atom. The molecule has 104 valence electrons. The van der Waals surface area contributed by atoms with Crippen LogP contribution in [0.15, 0.2) is 12.2 Å². The number of hydrogen-bond acceptors (Lipinski definition) is 4. The van der Waals surface area contributed by atoms with Gasteiger partial charge in [0.15, 0.2) is 0 Å². The Morgan fingerprint density at radius 1 is 1.05 bits per heavy atom. The van der Waals surface area contributed by atoms with Gasteiger partial charge in [-0.1, -0.05) is 12.2 Å². The number of likely N-dealkylation sites (tertiary alicyclic amines) is 2. The molecule has 2 amide bonds. The van der Waals surface area contributed by atoms with Crippen LogP contribution >= 0.6 is 0 Å². The highest BCUT2D eigenvalue weighted by Crippen LogP contribution is 2.35. The zero-order valence-electron chi connectivity index (χ0n) is 11.0. The average molecular weight is 264 g/mol. The van der Waals surface area contributed by atoms with Crippen molar-refractivity contribution in [3.05, 3.63) is 12.2 Å². The van der Waals surface area contributed by atoms with Crippen LogP contribution in [0.1, 0.15) is 25.7 Å². The number of imide groups is 1. The zero-order valence-corrected chi connectivity index (χ0v) is 11.0. The maximum absolute atomic E-state index is 12.3. The van der Waals surface area contributed by atoms with E-state index in [0.29, 0.717) is 19.5 Å². The normalized spacial score (nSPS) is 33.0. The summed E-state index contributed by atoms with van der Waals surface area (Å²) in [4.78, 5) is 28.1. The fourth-order valence-electron chi connectivity index (χ4n) is 3.27. The first-order chi connectivity index (χ1) is 9.16. The number of piperidine rings is 1. The molecule has 1 N–H and O–H groups in total. The van der Waals surface area contributed by atoms with E-state index < -0.39 is 0 Å². The maximum Gasteiger partial charge on any atom is 0.234 e. The molecular weight excluding hydrogens is 244 g/mol. The molecule has 0 aromatic carbocycles. The summed E-state index contributed by atoms with van der Waals surface area (Å²) in [5.74, 6) is -0.281. The van der Waals surface area contributed by atoms with E-state index in [4.69, 9.17) is 0 Å². The van der Waals surface area contributed by atoms with Gasteiger partial charge in [0.25, 0.3) is 0 Å². The Kier molecular flexibility index (Phi) is 3.41. The van der Waals surface area contributed by atoms with Gasteiger partial charge in [0, 0.05) is 13.1 Å². The summed E-state index contributed by atoms with van der Waals surface area (Å²) >= 11 is 0. The highest BCUT2D eigenvalue weighted by atomic mass is 16.3. The number of carbonyl (C=O) groups excluding carboxylic acids is 2. The van der Waals surface area contributed by atoms with Crippen molar-refractivity contribution in [1.29, 1.82) is 0 Å². The lowest BCUT2D eigenvalue weighted by atomic mass is 9.85. The van der Waals surface area contributed by atoms with Crippen LogP contribution in [0.25, 0.3) is 0 Å². The van der Waals surface area contributed by atoms with E-state index in [9.17, 15) is 14.7 Å². The van der Waals surface area contributed by atoms with Crippen LogP contribution in [-0.4, -0.2) is 52.6 Å². The number of hydrogen-bond donors (Lipinski definition) is 1. The average Bonchev–Trinajstić information content (AvgIpc) is 2.67. The van der Waals surface area contributed by atoms with Crippen molar-refractivity contribution >= 4 is 11.8 Å². The second kappa shape index (κ2) is 5.06. The summed E-state index contributed by atoms with van der Waals surface area (Å²) in [6.07, 6.45) is 6.64. The molecule has 0 spiro atoms. The predicted octanol–water partition coefficient (Wildman–Crippen LogP) is 0.352. The van der Waals surface area contributed by atoms with Gasteiger partial charge in [-0.15, -0.1) is 0 Å². The molecule has 19 heavy (non-hydrogen) atoms. The summed E-state index contributed by atoms with van der Waals surface area (Å²) in [6, 6.07) is 0. The number of rotatable bonds is 2. The lowest BCUT2D eigenvalue weighted by Crippen LogP contribution is -2.45. The SMILES string of the molecule is O=C1[C@H]2CC=CC[C@H]2C(=O)N1CN1CCC(O)CC1. The predicted molar refractivity (Wildman–Crippen MR) is 68.9 cm³/mol. The lowest BCUT2D eigenvalue weighted by Gasteiger charge is -2.32. The Bertz CT molecular complexity index is 387. The standard InChI is InChI=1S/C14H20N2O3/c17-10-5-7-15(8-6-10)9-16-13(18)11-3-1-2-4-12(11)14(16)19/h1-2,10-12,17H,3-9H2/t11-,12+. The van der Waals surface area contributed by atoms with E-state index in [0.717, 1.165) is 25.9 Å². The minimum Gasteiger partial charge on any atom is -0.393 e. The van der Waals surface area contributed by atoms with E-state index in [2.05, 4.69) is 4.90 Å². The minimum atomic E-state index is -0.229. The van der Waals surface area contributed by atoms with Gasteiger partial charge in [0.1, 0.15) is 0 Å². The largest absolute Gasteiger partial charge is 0.393 e. The molecule has 3 aliphatic rings. The molecule has 0 bridgehead atoms. The third-order valence-electron chi connectivity index (χ3n) is 4.50. The number of nitrogens with zero attached hydrogens (tertiary/aromatic N) is 2. The Hall–Kier alpha value is -1.20. The summed E-state index contributed by atoms with van der Waals surface area (Å²) in [7, 11) is 0. The number of fused-ring (bicyclic) bond motifs is 1. The first-order valence-electron chi connectivity index (χ1n) is 7.07. The van der Waals surface area contributed by atoms with Crippen LogP contribution in [0.3, 0.4) is 0 Å². The van der Waals surface area contributed by atoms with Crippen molar-refractivity contribution in [1.82, 2.24) is 9.80 Å². The molecule has 0 aromatic heterocycles. The third-order valence-corrected chi connectivity index (χ3v) is 4.50. The fraction of sp³-hybridized carbons (Fsp3) is 0.714. The van der Waals surface area contributed by atoms with Gasteiger partial charge in [-0.25, -0.2) is 0 Å². The Morgan fingerprint density at radius 3 is 2.11 bits per heavy atom. The summed E-state index contributed by atoms with van der Waals surface area (Å²) < 4.78 is 0. The molecular formula is C14H20N2O3. The van der Waals surface area contributed by atoms with E-state index in [1.54, 1.807) is 0 Å². The number of amides is 2. The van der Waals surface area contributed by atoms with E-state index >= 15 is 0 Å². The topological polar surface area (TPSA) is 60.9 Å². The van der Waals surface area contributed by atoms with Gasteiger partial charge in [0.05, 0.1) is 24.6 Å². The van der Waals surface area contributed by atoms with Gasteiger partial charge < -0.3 is 5.11 Å². The molecule has 0 radical (unpaired) electrons. The van der Waals surface area contributed by atoms with Crippen molar-refractivity contribution in [3.8, 4) is 0 Å². The van der Waals surface area contributed by atoms with Gasteiger partial charge in [-0.2, -0.15) is 0 Å². The van der Waals surface area contributed by atoms with Gasteiger partial charge >= 0.3 is 0 Å². The second-order valence-electron chi connectivity index (χ2n) is 5.75. The molecule has 0 saturated carbocycles. The highest BCUT2D eigenvalue weighted by Gasteiger charge is 2.47. The third kappa shape index (κ3) is 2.32. The first kappa shape index (κ1) is 12.8. The first-order valence-corrected chi connectivity index (χ1v) is 7.07. The number of allylic oxidation sites excluding steroid dienone is 2. The quantitative estimate of drug-likeness (QED) is 0.577. The van der Waals surface area contributed by atoms with Crippen LogP contribution in [0.4, 0.5) is 0 Å². The number of aliphatic hydroxyl groups excluding tert-OH is 1. The van der Waals surface area contributed by atoms with Gasteiger partial charge in [-0.3, -0.25) is 19.4 Å². The molecule has 2 atom stereocenters. The Balaban J connectivity index is 1.65. The summed E-state index contributed by atoms with van der Waals surface area (Å²) in [5, 5.41) is 9.48. The molecule has 2 fully saturated rings. The van der Waals surface area contributed by atoms with Crippen molar-refractivity contribution in [2.24, 2.45) is 11.8 Å². The van der Waals surface area contributed by atoms with Crippen molar-refractivity contribution < 1.29 is 14.7 Å². The fourth-order valence-corrected chi connectivity index (χ4v) is 3.27. The van der Waals surface area contributed by atoms with E-state index in [-0.39, 0.29) is 29.8 Å². The summed E-state index contributed by atoms with van der Waals surface area (Å²) in [5.41, 5.74) is 0. The van der Waals surface area contributed by atoms with Crippen LogP contribution < -0.4 is 0 Å². The van der Waals surface area contributed by atoms with Crippen molar-refractivity contribution in [2.75, 3.05) is 19.8 Å². The van der Waals surface area contributed by atoms with E-state index in [1.165, 1.54) is 4.90 Å². The van der Waals surface area contributed by atoms with Crippen LogP contribution in [0.2, 0.25) is 0 Å². The van der Waals surface area contributed by atoms with Crippen molar-refractivity contribution in [3.63, 3.8) is 0 Å². The van der Waals surface area contributed by atoms with Crippen LogP contribution in [0, 0.1) is 11.8 Å². The lowest BCUT2D eigenvalue weighted by molar-refractivity contribution is -0.142. The number of aliphatic hydroxyl groups is 1. The summed E-state index contributed by atoms with van der Waals surface area (Å²) in [6.45, 7) is 1.91. The van der Waals surface area contributed by atoms with Crippen LogP contribution in [0.5, 0.6) is 0 Å².